The molecule has 158 valence electrons. The molecule has 0 bridgehead atoms. The van der Waals surface area contributed by atoms with Crippen LogP contribution in [0.15, 0.2) is 17.0 Å². The molecule has 2 heterocycles. The molecule has 29 heavy (non-hydrogen) atoms. The summed E-state index contributed by atoms with van der Waals surface area (Å²) < 4.78 is 34.1. The standard InChI is InChI=1S/C21H29N3O4S/c1-2-15-13-16-18(23-17-5-3-6-19(25)21(16)17)14-20(15)29(26,27)22-7-4-8-24-9-11-28-12-10-24/h13-14,22-23H,2-12H2,1H3. The van der Waals surface area contributed by atoms with Crippen LogP contribution in [-0.4, -0.2) is 63.5 Å². The minimum atomic E-state index is -3.61. The van der Waals surface area contributed by atoms with Gasteiger partial charge in [0, 0.05) is 48.2 Å². The van der Waals surface area contributed by atoms with Gasteiger partial charge in [0.05, 0.1) is 18.1 Å². The van der Waals surface area contributed by atoms with Crippen LogP contribution in [0.3, 0.4) is 0 Å². The number of sulfonamides is 1. The lowest BCUT2D eigenvalue weighted by molar-refractivity contribution is 0.0376. The second kappa shape index (κ2) is 8.55. The molecule has 0 radical (unpaired) electrons. The summed E-state index contributed by atoms with van der Waals surface area (Å²) in [5, 5.41) is 0.854. The van der Waals surface area contributed by atoms with Crippen molar-refractivity contribution in [1.29, 1.82) is 0 Å². The summed E-state index contributed by atoms with van der Waals surface area (Å²) in [4.78, 5) is 18.3. The van der Waals surface area contributed by atoms with Gasteiger partial charge < -0.3 is 9.72 Å². The van der Waals surface area contributed by atoms with Crippen molar-refractivity contribution in [3.05, 3.63) is 29.0 Å². The van der Waals surface area contributed by atoms with E-state index in [4.69, 9.17) is 4.74 Å². The highest BCUT2D eigenvalue weighted by Crippen LogP contribution is 2.32. The van der Waals surface area contributed by atoms with Crippen molar-refractivity contribution in [2.45, 2.75) is 43.9 Å². The number of fused-ring (bicyclic) bond motifs is 3. The number of ketones is 1. The zero-order valence-electron chi connectivity index (χ0n) is 16.9. The molecular weight excluding hydrogens is 390 g/mol. The highest BCUT2D eigenvalue weighted by Gasteiger charge is 2.25. The number of nitrogens with one attached hydrogen (secondary N) is 2. The van der Waals surface area contributed by atoms with E-state index < -0.39 is 10.0 Å². The van der Waals surface area contributed by atoms with Gasteiger partial charge in [-0.05, 0) is 49.9 Å². The molecule has 2 aliphatic rings. The quantitative estimate of drug-likeness (QED) is 0.672. The summed E-state index contributed by atoms with van der Waals surface area (Å²) >= 11 is 0. The molecule has 7 nitrogen and oxygen atoms in total. The largest absolute Gasteiger partial charge is 0.379 e. The monoisotopic (exact) mass is 419 g/mol. The van der Waals surface area contributed by atoms with E-state index in [1.807, 2.05) is 13.0 Å². The zero-order valence-corrected chi connectivity index (χ0v) is 17.7. The number of nitrogens with zero attached hydrogens (tertiary/aromatic N) is 1. The molecule has 1 aliphatic heterocycles. The summed E-state index contributed by atoms with van der Waals surface area (Å²) in [5.41, 5.74) is 3.17. The Hall–Kier alpha value is -1.74. The van der Waals surface area contributed by atoms with E-state index >= 15 is 0 Å². The average molecular weight is 420 g/mol. The first-order valence-corrected chi connectivity index (χ1v) is 12.0. The van der Waals surface area contributed by atoms with Crippen LogP contribution in [0.2, 0.25) is 0 Å². The van der Waals surface area contributed by atoms with Crippen molar-refractivity contribution >= 4 is 26.7 Å². The van der Waals surface area contributed by atoms with Gasteiger partial charge in [-0.15, -0.1) is 0 Å². The number of rotatable bonds is 7. The van der Waals surface area contributed by atoms with Gasteiger partial charge >= 0.3 is 0 Å². The Morgan fingerprint density at radius 3 is 2.76 bits per heavy atom. The molecule has 0 atom stereocenters. The number of carbonyl (C=O) groups excluding carboxylic acids is 1. The third-order valence-electron chi connectivity index (χ3n) is 5.88. The fourth-order valence-electron chi connectivity index (χ4n) is 4.32. The van der Waals surface area contributed by atoms with Gasteiger partial charge in [0.25, 0.3) is 0 Å². The third kappa shape index (κ3) is 4.26. The molecule has 0 unspecified atom stereocenters. The molecule has 2 aromatic rings. The van der Waals surface area contributed by atoms with Gasteiger partial charge in [-0.25, -0.2) is 13.1 Å². The maximum Gasteiger partial charge on any atom is 0.240 e. The molecule has 1 aliphatic carbocycles. The Bertz CT molecular complexity index is 1010. The average Bonchev–Trinajstić information content (AvgIpc) is 3.10. The number of aromatic amines is 1. The Balaban J connectivity index is 1.53. The van der Waals surface area contributed by atoms with E-state index in [9.17, 15) is 13.2 Å². The number of aryl methyl sites for hydroxylation is 2. The van der Waals surface area contributed by atoms with E-state index in [0.29, 0.717) is 24.3 Å². The number of Topliss-reactive ketones (excluding diaryl/α,β-unsaturated/α-hetero) is 1. The minimum absolute atomic E-state index is 0.149. The normalized spacial score (nSPS) is 18.3. The Morgan fingerprint density at radius 1 is 1.21 bits per heavy atom. The van der Waals surface area contributed by atoms with Gasteiger partial charge in [0.2, 0.25) is 10.0 Å². The number of benzene rings is 1. The lowest BCUT2D eigenvalue weighted by atomic mass is 9.94. The number of carbonyl (C=O) groups is 1. The summed E-state index contributed by atoms with van der Waals surface area (Å²) in [6, 6.07) is 3.58. The molecule has 4 rings (SSSR count). The highest BCUT2D eigenvalue weighted by molar-refractivity contribution is 7.89. The molecule has 0 spiro atoms. The fourth-order valence-corrected chi connectivity index (χ4v) is 5.71. The first-order valence-electron chi connectivity index (χ1n) is 10.5. The summed E-state index contributed by atoms with van der Waals surface area (Å²) in [5.74, 6) is 0.149. The second-order valence-electron chi connectivity index (χ2n) is 7.82. The predicted octanol–water partition coefficient (Wildman–Crippen LogP) is 2.25. The van der Waals surface area contributed by atoms with Crippen LogP contribution in [0.4, 0.5) is 0 Å². The van der Waals surface area contributed by atoms with Crippen molar-refractivity contribution in [3.63, 3.8) is 0 Å². The van der Waals surface area contributed by atoms with Gasteiger partial charge in [-0.3, -0.25) is 9.69 Å². The third-order valence-corrected chi connectivity index (χ3v) is 7.43. The van der Waals surface area contributed by atoms with Gasteiger partial charge in [-0.1, -0.05) is 6.92 Å². The smallest absolute Gasteiger partial charge is 0.240 e. The Kier molecular flexibility index (Phi) is 6.06. The molecule has 0 saturated carbocycles. The van der Waals surface area contributed by atoms with E-state index in [-0.39, 0.29) is 5.78 Å². The van der Waals surface area contributed by atoms with E-state index in [1.165, 1.54) is 0 Å². The van der Waals surface area contributed by atoms with Crippen LogP contribution in [0.1, 0.15) is 47.8 Å². The van der Waals surface area contributed by atoms with E-state index in [1.54, 1.807) is 6.07 Å². The predicted molar refractivity (Wildman–Crippen MR) is 112 cm³/mol. The van der Waals surface area contributed by atoms with Crippen molar-refractivity contribution in [2.24, 2.45) is 0 Å². The maximum absolute atomic E-state index is 13.0. The number of ether oxygens (including phenoxy) is 1. The molecule has 1 fully saturated rings. The van der Waals surface area contributed by atoms with Gasteiger partial charge in [0.1, 0.15) is 0 Å². The first-order chi connectivity index (χ1) is 14.0. The SMILES string of the molecule is CCc1cc2c3c([nH]c2cc1S(=O)(=O)NCCCN1CCOCC1)CCCC3=O. The van der Waals surface area contributed by atoms with Crippen LogP contribution in [0.25, 0.3) is 10.9 Å². The highest BCUT2D eigenvalue weighted by atomic mass is 32.2. The van der Waals surface area contributed by atoms with Crippen molar-refractivity contribution in [3.8, 4) is 0 Å². The molecule has 1 aromatic heterocycles. The fraction of sp³-hybridized carbons (Fsp3) is 0.571. The summed E-state index contributed by atoms with van der Waals surface area (Å²) in [7, 11) is -3.61. The van der Waals surface area contributed by atoms with Crippen LogP contribution < -0.4 is 4.72 Å². The molecule has 2 N–H and O–H groups in total. The van der Waals surface area contributed by atoms with Gasteiger partial charge in [-0.2, -0.15) is 0 Å². The Morgan fingerprint density at radius 2 is 2.00 bits per heavy atom. The molecule has 1 aromatic carbocycles. The lowest BCUT2D eigenvalue weighted by Gasteiger charge is -2.26. The molecule has 1 saturated heterocycles. The lowest BCUT2D eigenvalue weighted by Crippen LogP contribution is -2.38. The van der Waals surface area contributed by atoms with Crippen molar-refractivity contribution < 1.29 is 17.9 Å². The zero-order chi connectivity index (χ0) is 20.4. The molecule has 8 heteroatoms. The van der Waals surface area contributed by atoms with Crippen LogP contribution in [0.5, 0.6) is 0 Å². The van der Waals surface area contributed by atoms with Crippen LogP contribution in [0, 0.1) is 0 Å². The summed E-state index contributed by atoms with van der Waals surface area (Å²) in [6.45, 7) is 6.50. The number of hydrogen-bond acceptors (Lipinski definition) is 5. The number of hydrogen-bond donors (Lipinski definition) is 2. The number of aromatic nitrogens is 1. The summed E-state index contributed by atoms with van der Waals surface area (Å²) in [6.07, 6.45) is 3.59. The van der Waals surface area contributed by atoms with Crippen LogP contribution >= 0.6 is 0 Å². The second-order valence-corrected chi connectivity index (χ2v) is 9.56. The first kappa shape index (κ1) is 20.5. The van der Waals surface area contributed by atoms with Crippen molar-refractivity contribution in [2.75, 3.05) is 39.4 Å². The molecule has 0 amide bonds. The maximum atomic E-state index is 13.0. The number of H-pyrrole nitrogens is 1. The minimum Gasteiger partial charge on any atom is -0.379 e. The van der Waals surface area contributed by atoms with Crippen LogP contribution in [-0.2, 0) is 27.6 Å². The topological polar surface area (TPSA) is 91.5 Å². The Labute approximate surface area is 171 Å². The van der Waals surface area contributed by atoms with Gasteiger partial charge in [0.15, 0.2) is 5.78 Å². The number of morpholine rings is 1. The van der Waals surface area contributed by atoms with Crippen molar-refractivity contribution in [1.82, 2.24) is 14.6 Å². The molecular formula is C21H29N3O4S. The van der Waals surface area contributed by atoms with E-state index in [2.05, 4.69) is 14.6 Å². The van der Waals surface area contributed by atoms with E-state index in [0.717, 1.165) is 79.8 Å².